The van der Waals surface area contributed by atoms with Crippen LogP contribution in [0, 0.1) is 13.8 Å². The number of nitrogens with zero attached hydrogens (tertiary/aromatic N) is 5. The van der Waals surface area contributed by atoms with Gasteiger partial charge >= 0.3 is 5.97 Å². The molecule has 8 heteroatoms. The summed E-state index contributed by atoms with van der Waals surface area (Å²) < 4.78 is 8.41. The molecule has 0 atom stereocenters. The monoisotopic (exact) mass is 489 g/mol. The van der Waals surface area contributed by atoms with Gasteiger partial charge in [0.05, 0.1) is 28.9 Å². The van der Waals surface area contributed by atoms with E-state index in [-0.39, 0.29) is 5.56 Å². The molecule has 0 radical (unpaired) electrons. The highest BCUT2D eigenvalue weighted by Crippen LogP contribution is 2.29. The number of hydrogen-bond acceptors (Lipinski definition) is 6. The van der Waals surface area contributed by atoms with Gasteiger partial charge in [0.25, 0.3) is 5.56 Å². The van der Waals surface area contributed by atoms with Gasteiger partial charge in [0.2, 0.25) is 0 Å². The van der Waals surface area contributed by atoms with Crippen LogP contribution in [0.5, 0.6) is 0 Å². The summed E-state index contributed by atoms with van der Waals surface area (Å²) in [5.41, 5.74) is 6.84. The topological polar surface area (TPSA) is 91.9 Å². The number of aryl methyl sites for hydroxylation is 2. The van der Waals surface area contributed by atoms with Gasteiger partial charge in [-0.1, -0.05) is 18.2 Å². The number of rotatable bonds is 4. The van der Waals surface area contributed by atoms with E-state index < -0.39 is 5.97 Å². The van der Waals surface area contributed by atoms with Crippen molar-refractivity contribution in [2.24, 2.45) is 0 Å². The number of para-hydroxylation sites is 2. The second kappa shape index (κ2) is 8.67. The molecule has 0 fully saturated rings. The van der Waals surface area contributed by atoms with Crippen molar-refractivity contribution in [2.45, 2.75) is 20.8 Å². The van der Waals surface area contributed by atoms with Gasteiger partial charge in [-0.15, -0.1) is 0 Å². The Kier molecular flexibility index (Phi) is 5.30. The van der Waals surface area contributed by atoms with Crippen molar-refractivity contribution in [1.82, 2.24) is 24.1 Å². The third-order valence-electron chi connectivity index (χ3n) is 6.57. The number of hydrogen-bond donors (Lipinski definition) is 0. The Labute approximate surface area is 211 Å². The average Bonchev–Trinajstić information content (AvgIpc) is 3.23. The van der Waals surface area contributed by atoms with Gasteiger partial charge in [-0.3, -0.25) is 13.9 Å². The van der Waals surface area contributed by atoms with E-state index in [1.165, 1.54) is 16.5 Å². The minimum absolute atomic E-state index is 0.272. The number of fused-ring (bicyclic) bond motifs is 4. The van der Waals surface area contributed by atoms with Crippen LogP contribution >= 0.6 is 0 Å². The van der Waals surface area contributed by atoms with E-state index in [0.29, 0.717) is 45.6 Å². The number of aromatic nitrogens is 5. The maximum absolute atomic E-state index is 13.9. The number of carbonyl (C=O) groups is 1. The quantitative estimate of drug-likeness (QED) is 0.321. The van der Waals surface area contributed by atoms with Crippen LogP contribution in [0.4, 0.5) is 0 Å². The highest BCUT2D eigenvalue weighted by Gasteiger charge is 2.21. The van der Waals surface area contributed by atoms with Crippen molar-refractivity contribution >= 4 is 39.2 Å². The predicted octanol–water partition coefficient (Wildman–Crippen LogP) is 5.07. The van der Waals surface area contributed by atoms with Crippen LogP contribution in [0.1, 0.15) is 28.4 Å². The molecule has 3 aromatic heterocycles. The first kappa shape index (κ1) is 22.6. The molecule has 3 aromatic carbocycles. The summed E-state index contributed by atoms with van der Waals surface area (Å²) in [6, 6.07) is 20.4. The van der Waals surface area contributed by atoms with Crippen LogP contribution in [0.15, 0.2) is 77.9 Å². The fourth-order valence-corrected chi connectivity index (χ4v) is 4.50. The zero-order chi connectivity index (χ0) is 25.7. The molecule has 0 amide bonds. The van der Waals surface area contributed by atoms with Crippen LogP contribution in [-0.2, 0) is 4.74 Å². The molecule has 8 nitrogen and oxygen atoms in total. The van der Waals surface area contributed by atoms with Crippen molar-refractivity contribution in [3.8, 4) is 11.4 Å². The Morgan fingerprint density at radius 3 is 2.27 bits per heavy atom. The Balaban J connectivity index is 1.64. The minimum atomic E-state index is -0.409. The molecule has 6 rings (SSSR count). The molecule has 0 unspecified atom stereocenters. The molecule has 0 aliphatic carbocycles. The Morgan fingerprint density at radius 2 is 1.57 bits per heavy atom. The summed E-state index contributed by atoms with van der Waals surface area (Å²) in [4.78, 5) is 40.4. The molecule has 0 N–H and O–H groups in total. The molecule has 0 bridgehead atoms. The van der Waals surface area contributed by atoms with Gasteiger partial charge in [-0.25, -0.2) is 19.7 Å². The van der Waals surface area contributed by atoms with Gasteiger partial charge in [0, 0.05) is 5.69 Å². The third kappa shape index (κ3) is 3.65. The predicted molar refractivity (Wildman–Crippen MR) is 143 cm³/mol. The molecule has 0 saturated carbocycles. The molecule has 182 valence electrons. The zero-order valence-electron chi connectivity index (χ0n) is 20.6. The van der Waals surface area contributed by atoms with E-state index in [1.54, 1.807) is 31.2 Å². The summed E-state index contributed by atoms with van der Waals surface area (Å²) in [7, 11) is 0. The van der Waals surface area contributed by atoms with Gasteiger partial charge in [0.1, 0.15) is 17.2 Å². The van der Waals surface area contributed by atoms with Crippen LogP contribution in [0.2, 0.25) is 0 Å². The number of esters is 1. The van der Waals surface area contributed by atoms with Crippen molar-refractivity contribution in [3.05, 3.63) is 100 Å². The summed E-state index contributed by atoms with van der Waals surface area (Å²) in [5, 5.41) is 0.378. The van der Waals surface area contributed by atoms with Crippen molar-refractivity contribution in [2.75, 3.05) is 6.61 Å². The van der Waals surface area contributed by atoms with Crippen molar-refractivity contribution < 1.29 is 9.53 Å². The van der Waals surface area contributed by atoms with E-state index in [2.05, 4.69) is 13.0 Å². The van der Waals surface area contributed by atoms with Crippen LogP contribution < -0.4 is 5.56 Å². The smallest absolute Gasteiger partial charge is 0.338 e. The van der Waals surface area contributed by atoms with Crippen molar-refractivity contribution in [1.29, 1.82) is 0 Å². The maximum Gasteiger partial charge on any atom is 0.338 e. The van der Waals surface area contributed by atoms with Crippen molar-refractivity contribution in [3.63, 3.8) is 0 Å². The lowest BCUT2D eigenvalue weighted by Crippen LogP contribution is -2.19. The average molecular weight is 490 g/mol. The Morgan fingerprint density at radius 1 is 0.865 bits per heavy atom. The van der Waals surface area contributed by atoms with Crippen LogP contribution in [0.3, 0.4) is 0 Å². The number of ether oxygens (including phenoxy) is 1. The van der Waals surface area contributed by atoms with Gasteiger partial charge < -0.3 is 4.74 Å². The van der Waals surface area contributed by atoms with E-state index in [9.17, 15) is 9.59 Å². The molecule has 0 aliphatic rings. The standard InChI is InChI=1S/C29H23N5O3/c1-4-37-29(36)19-10-13-20(14-11-19)33-16-30-26-24(28(33)35)25-27(32-23-8-6-5-7-22(23)31-25)34(26)21-12-9-17(2)18(3)15-21/h5-16H,4H2,1-3H3. The minimum Gasteiger partial charge on any atom is -0.462 e. The summed E-state index contributed by atoms with van der Waals surface area (Å²) >= 11 is 0. The second-order valence-electron chi connectivity index (χ2n) is 8.87. The lowest BCUT2D eigenvalue weighted by Gasteiger charge is -2.10. The second-order valence-corrected chi connectivity index (χ2v) is 8.87. The van der Waals surface area contributed by atoms with E-state index >= 15 is 0 Å². The lowest BCUT2D eigenvalue weighted by molar-refractivity contribution is 0.0526. The molecule has 3 heterocycles. The molecule has 0 saturated heterocycles. The van der Waals surface area contributed by atoms with Crippen LogP contribution in [-0.4, -0.2) is 36.7 Å². The Hall–Kier alpha value is -4.85. The number of carbonyl (C=O) groups excluding carboxylic acids is 1. The first-order valence-electron chi connectivity index (χ1n) is 12.0. The number of benzene rings is 3. The van der Waals surface area contributed by atoms with Crippen LogP contribution in [0.25, 0.3) is 44.6 Å². The molecular formula is C29H23N5O3. The highest BCUT2D eigenvalue weighted by atomic mass is 16.5. The molecule has 6 aromatic rings. The van der Waals surface area contributed by atoms with E-state index in [4.69, 9.17) is 19.7 Å². The summed E-state index contributed by atoms with van der Waals surface area (Å²) in [5.74, 6) is -0.409. The lowest BCUT2D eigenvalue weighted by atomic mass is 10.1. The molecular weight excluding hydrogens is 466 g/mol. The summed E-state index contributed by atoms with van der Waals surface area (Å²) in [6.45, 7) is 6.16. The van der Waals surface area contributed by atoms with Gasteiger partial charge in [-0.2, -0.15) is 0 Å². The van der Waals surface area contributed by atoms with Gasteiger partial charge in [0.15, 0.2) is 11.3 Å². The molecule has 37 heavy (non-hydrogen) atoms. The summed E-state index contributed by atoms with van der Waals surface area (Å²) in [6.07, 6.45) is 1.50. The normalized spacial score (nSPS) is 11.4. The zero-order valence-corrected chi connectivity index (χ0v) is 20.6. The molecule has 0 spiro atoms. The fraction of sp³-hybridized carbons (Fsp3) is 0.138. The van der Waals surface area contributed by atoms with Gasteiger partial charge in [-0.05, 0) is 80.4 Å². The third-order valence-corrected chi connectivity index (χ3v) is 6.57. The largest absolute Gasteiger partial charge is 0.462 e. The van der Waals surface area contributed by atoms with E-state index in [1.807, 2.05) is 47.9 Å². The van der Waals surface area contributed by atoms with E-state index in [0.717, 1.165) is 16.8 Å². The fourth-order valence-electron chi connectivity index (χ4n) is 4.50. The maximum atomic E-state index is 13.9. The molecule has 0 aliphatic heterocycles. The Bertz CT molecular complexity index is 1900. The first-order valence-corrected chi connectivity index (χ1v) is 12.0. The first-order chi connectivity index (χ1) is 18.0. The highest BCUT2D eigenvalue weighted by molar-refractivity contribution is 6.05. The SMILES string of the molecule is CCOC(=O)c1ccc(-n2cnc3c(c2=O)c2nc4ccccc4nc2n3-c2ccc(C)c(C)c2)cc1.